The maximum atomic E-state index is 10.9. The molecule has 0 saturated heterocycles. The second kappa shape index (κ2) is 5.48. The van der Waals surface area contributed by atoms with Gasteiger partial charge in [0.2, 0.25) is 0 Å². The van der Waals surface area contributed by atoms with E-state index < -0.39 is 6.04 Å². The fraction of sp³-hybridized carbons (Fsp3) is 0.364. The molecule has 0 aliphatic heterocycles. The first kappa shape index (κ1) is 12.5. The van der Waals surface area contributed by atoms with Crippen molar-refractivity contribution in [1.82, 2.24) is 0 Å². The Morgan fingerprint density at radius 1 is 1.44 bits per heavy atom. The van der Waals surface area contributed by atoms with Gasteiger partial charge in [-0.05, 0) is 17.7 Å². The van der Waals surface area contributed by atoms with Gasteiger partial charge in [0.15, 0.2) is 17.8 Å². The molecule has 3 N–H and O–H groups in total. The van der Waals surface area contributed by atoms with Gasteiger partial charge < -0.3 is 20.3 Å². The van der Waals surface area contributed by atoms with E-state index in [1.54, 1.807) is 12.1 Å². The molecule has 88 valence electrons. The van der Waals surface area contributed by atoms with E-state index in [4.69, 9.17) is 20.3 Å². The zero-order chi connectivity index (χ0) is 12.1. The summed E-state index contributed by atoms with van der Waals surface area (Å²) in [7, 11) is 2.93. The number of hydrogen-bond acceptors (Lipinski definition) is 5. The van der Waals surface area contributed by atoms with Crippen LogP contribution in [-0.2, 0) is 0 Å². The predicted octanol–water partition coefficient (Wildman–Crippen LogP) is 0.508. The van der Waals surface area contributed by atoms with Crippen LogP contribution in [0.5, 0.6) is 11.5 Å². The van der Waals surface area contributed by atoms with Gasteiger partial charge in [-0.15, -0.1) is 0 Å². The predicted molar refractivity (Wildman–Crippen MR) is 58.9 cm³/mol. The molecular formula is C11H15NO4. The van der Waals surface area contributed by atoms with E-state index in [2.05, 4.69) is 0 Å². The van der Waals surface area contributed by atoms with Gasteiger partial charge in [-0.2, -0.15) is 0 Å². The number of aliphatic hydroxyl groups is 1. The van der Waals surface area contributed by atoms with Gasteiger partial charge in [0, 0.05) is 0 Å². The van der Waals surface area contributed by atoms with E-state index in [0.717, 1.165) is 0 Å². The third-order valence-corrected chi connectivity index (χ3v) is 2.28. The van der Waals surface area contributed by atoms with Crippen LogP contribution < -0.4 is 15.2 Å². The summed E-state index contributed by atoms with van der Waals surface area (Å²) in [5.74, 6) is 0.789. The molecule has 0 aromatic heterocycles. The summed E-state index contributed by atoms with van der Waals surface area (Å²) in [6.07, 6.45) is 0.662. The lowest BCUT2D eigenvalue weighted by molar-refractivity contribution is 0.111. The van der Waals surface area contributed by atoms with Crippen molar-refractivity contribution in [2.75, 3.05) is 20.8 Å². The molecule has 5 heteroatoms. The van der Waals surface area contributed by atoms with E-state index in [0.29, 0.717) is 28.9 Å². The van der Waals surface area contributed by atoms with Crippen molar-refractivity contribution in [3.8, 4) is 11.5 Å². The SMILES string of the molecule is COc1cc(C(N)CO)cc(C=O)c1OC. The number of aliphatic hydroxyl groups excluding tert-OH is 1. The summed E-state index contributed by atoms with van der Waals surface area (Å²) >= 11 is 0. The van der Waals surface area contributed by atoms with Gasteiger partial charge in [-0.3, -0.25) is 4.79 Å². The van der Waals surface area contributed by atoms with Crippen molar-refractivity contribution in [2.45, 2.75) is 6.04 Å². The topological polar surface area (TPSA) is 81.8 Å². The van der Waals surface area contributed by atoms with Crippen LogP contribution in [0, 0.1) is 0 Å². The molecule has 1 unspecified atom stereocenters. The lowest BCUT2D eigenvalue weighted by atomic mass is 10.0. The van der Waals surface area contributed by atoms with Crippen molar-refractivity contribution in [3.63, 3.8) is 0 Å². The Morgan fingerprint density at radius 2 is 2.12 bits per heavy atom. The highest BCUT2D eigenvalue weighted by Crippen LogP contribution is 2.33. The van der Waals surface area contributed by atoms with Crippen molar-refractivity contribution in [1.29, 1.82) is 0 Å². The van der Waals surface area contributed by atoms with Gasteiger partial charge in [-0.25, -0.2) is 0 Å². The Kier molecular flexibility index (Phi) is 4.28. The van der Waals surface area contributed by atoms with Gasteiger partial charge in [0.25, 0.3) is 0 Å². The third-order valence-electron chi connectivity index (χ3n) is 2.28. The van der Waals surface area contributed by atoms with Gasteiger partial charge >= 0.3 is 0 Å². The lowest BCUT2D eigenvalue weighted by Crippen LogP contribution is -2.15. The minimum absolute atomic E-state index is 0.201. The molecular weight excluding hydrogens is 210 g/mol. The first-order chi connectivity index (χ1) is 7.67. The number of aldehydes is 1. The normalized spacial score (nSPS) is 12.0. The van der Waals surface area contributed by atoms with E-state index in [1.165, 1.54) is 14.2 Å². The Hall–Kier alpha value is -1.59. The smallest absolute Gasteiger partial charge is 0.171 e. The highest BCUT2D eigenvalue weighted by Gasteiger charge is 2.14. The van der Waals surface area contributed by atoms with E-state index in [9.17, 15) is 4.79 Å². The molecule has 0 spiro atoms. The zero-order valence-corrected chi connectivity index (χ0v) is 9.27. The molecule has 0 heterocycles. The van der Waals surface area contributed by atoms with E-state index in [-0.39, 0.29) is 6.61 Å². The van der Waals surface area contributed by atoms with Gasteiger partial charge in [0.05, 0.1) is 32.4 Å². The lowest BCUT2D eigenvalue weighted by Gasteiger charge is -2.14. The van der Waals surface area contributed by atoms with Gasteiger partial charge in [0.1, 0.15) is 0 Å². The molecule has 0 fully saturated rings. The number of nitrogens with two attached hydrogens (primary N) is 1. The number of carbonyl (C=O) groups is 1. The quantitative estimate of drug-likeness (QED) is 0.713. The van der Waals surface area contributed by atoms with Crippen molar-refractivity contribution >= 4 is 6.29 Å². The summed E-state index contributed by atoms with van der Waals surface area (Å²) < 4.78 is 10.2. The fourth-order valence-electron chi connectivity index (χ4n) is 1.42. The van der Waals surface area contributed by atoms with Crippen molar-refractivity contribution < 1.29 is 19.4 Å². The van der Waals surface area contributed by atoms with Crippen LogP contribution in [0.3, 0.4) is 0 Å². The van der Waals surface area contributed by atoms with Crippen molar-refractivity contribution in [2.24, 2.45) is 5.73 Å². The number of methoxy groups -OCH3 is 2. The van der Waals surface area contributed by atoms with Crippen LogP contribution in [-0.4, -0.2) is 32.2 Å². The van der Waals surface area contributed by atoms with Crippen LogP contribution in [0.1, 0.15) is 22.0 Å². The van der Waals surface area contributed by atoms with Crippen LogP contribution in [0.15, 0.2) is 12.1 Å². The zero-order valence-electron chi connectivity index (χ0n) is 9.27. The van der Waals surface area contributed by atoms with Crippen molar-refractivity contribution in [3.05, 3.63) is 23.3 Å². The Morgan fingerprint density at radius 3 is 2.56 bits per heavy atom. The maximum Gasteiger partial charge on any atom is 0.171 e. The standard InChI is InChI=1S/C11H15NO4/c1-15-10-4-7(9(12)6-14)3-8(5-13)11(10)16-2/h3-5,9,14H,6,12H2,1-2H3. The molecule has 1 aromatic carbocycles. The summed E-state index contributed by atoms with van der Waals surface area (Å²) in [5, 5.41) is 8.96. The Labute approximate surface area is 93.8 Å². The summed E-state index contributed by atoms with van der Waals surface area (Å²) in [4.78, 5) is 10.9. The Bertz CT molecular complexity index is 378. The molecule has 1 rings (SSSR count). The average Bonchev–Trinajstić information content (AvgIpc) is 2.35. The van der Waals surface area contributed by atoms with Gasteiger partial charge in [-0.1, -0.05) is 0 Å². The minimum atomic E-state index is -0.543. The van der Waals surface area contributed by atoms with Crippen LogP contribution in [0.4, 0.5) is 0 Å². The summed E-state index contributed by atoms with van der Waals surface area (Å²) in [6.45, 7) is -0.201. The summed E-state index contributed by atoms with van der Waals surface area (Å²) in [5.41, 5.74) is 6.65. The van der Waals surface area contributed by atoms with E-state index >= 15 is 0 Å². The van der Waals surface area contributed by atoms with Crippen LogP contribution in [0.25, 0.3) is 0 Å². The minimum Gasteiger partial charge on any atom is -0.493 e. The number of hydrogen-bond donors (Lipinski definition) is 2. The molecule has 0 amide bonds. The molecule has 0 aliphatic carbocycles. The second-order valence-corrected chi connectivity index (χ2v) is 3.25. The Balaban J connectivity index is 3.31. The number of benzene rings is 1. The molecule has 1 atom stereocenters. The molecule has 5 nitrogen and oxygen atoms in total. The fourth-order valence-corrected chi connectivity index (χ4v) is 1.42. The van der Waals surface area contributed by atoms with Crippen LogP contribution in [0.2, 0.25) is 0 Å². The largest absolute Gasteiger partial charge is 0.493 e. The third kappa shape index (κ3) is 2.32. The van der Waals surface area contributed by atoms with E-state index in [1.807, 2.05) is 0 Å². The molecule has 1 aromatic rings. The molecule has 0 radical (unpaired) electrons. The first-order valence-corrected chi connectivity index (χ1v) is 4.75. The maximum absolute atomic E-state index is 10.9. The molecule has 0 bridgehead atoms. The second-order valence-electron chi connectivity index (χ2n) is 3.25. The number of ether oxygens (including phenoxy) is 2. The first-order valence-electron chi connectivity index (χ1n) is 4.75. The number of carbonyl (C=O) groups excluding carboxylic acids is 1. The summed E-state index contributed by atoms with van der Waals surface area (Å²) in [6, 6.07) is 2.68. The molecule has 16 heavy (non-hydrogen) atoms. The highest BCUT2D eigenvalue weighted by molar-refractivity contribution is 5.81. The monoisotopic (exact) mass is 225 g/mol. The molecule has 0 aliphatic rings. The molecule has 0 saturated carbocycles. The number of rotatable bonds is 5. The van der Waals surface area contributed by atoms with Crippen LogP contribution >= 0.6 is 0 Å². The average molecular weight is 225 g/mol. The highest BCUT2D eigenvalue weighted by atomic mass is 16.5.